The van der Waals surface area contributed by atoms with Crippen LogP contribution >= 0.6 is 0 Å². The van der Waals surface area contributed by atoms with E-state index in [4.69, 9.17) is 0 Å². The van der Waals surface area contributed by atoms with Crippen LogP contribution in [0.2, 0.25) is 0 Å². The number of anilines is 3. The summed E-state index contributed by atoms with van der Waals surface area (Å²) in [6, 6.07) is 81.1. The molecule has 0 aliphatic carbocycles. The average Bonchev–Trinajstić information content (AvgIpc) is 3.81. The Labute approximate surface area is 331 Å². The van der Waals surface area contributed by atoms with E-state index in [1.807, 2.05) is 0 Å². The summed E-state index contributed by atoms with van der Waals surface area (Å²) < 4.78 is 4.82. The summed E-state index contributed by atoms with van der Waals surface area (Å²) in [5, 5.41) is 4.90. The number of rotatable bonds is 7. The van der Waals surface area contributed by atoms with Crippen molar-refractivity contribution in [1.29, 1.82) is 0 Å². The van der Waals surface area contributed by atoms with Gasteiger partial charge in [-0.1, -0.05) is 152 Å². The Morgan fingerprint density at radius 2 is 0.842 bits per heavy atom. The quantitative estimate of drug-likeness (QED) is 0.159. The second kappa shape index (κ2) is 13.6. The van der Waals surface area contributed by atoms with Gasteiger partial charge in [-0.3, -0.25) is 0 Å². The van der Waals surface area contributed by atoms with Gasteiger partial charge in [0, 0.05) is 44.2 Å². The normalized spacial score (nSPS) is 11.5. The third-order valence-electron chi connectivity index (χ3n) is 11.3. The third-order valence-corrected chi connectivity index (χ3v) is 11.3. The first-order chi connectivity index (χ1) is 28.3. The smallest absolute Gasteiger partial charge is 0.0562 e. The Kier molecular flexibility index (Phi) is 7.82. The van der Waals surface area contributed by atoms with Crippen molar-refractivity contribution in [2.75, 3.05) is 4.90 Å². The van der Waals surface area contributed by atoms with Crippen LogP contribution in [-0.2, 0) is 0 Å². The lowest BCUT2D eigenvalue weighted by atomic mass is 9.99. The summed E-state index contributed by atoms with van der Waals surface area (Å²) in [7, 11) is 0. The van der Waals surface area contributed by atoms with E-state index >= 15 is 0 Å². The minimum atomic E-state index is 1.10. The van der Waals surface area contributed by atoms with Gasteiger partial charge in [0.15, 0.2) is 0 Å². The lowest BCUT2D eigenvalue weighted by molar-refractivity contribution is 1.18. The molecule has 0 N–H and O–H groups in total. The highest BCUT2D eigenvalue weighted by molar-refractivity contribution is 6.17. The molecule has 0 amide bonds. The molecule has 3 nitrogen and oxygen atoms in total. The number of hydrogen-bond donors (Lipinski definition) is 0. The Morgan fingerprint density at radius 1 is 0.298 bits per heavy atom. The fraction of sp³-hybridized carbons (Fsp3) is 0. The first kappa shape index (κ1) is 32.8. The van der Waals surface area contributed by atoms with Crippen molar-refractivity contribution < 1.29 is 0 Å². The molecule has 9 aromatic carbocycles. The standard InChI is InChI=1S/C54H37N3/c1-4-18-38(19-5-1)39-20-16-25-43(36-39)57-50-31-15-12-28-47(50)54-51(32-17-33-52(54)57)55(41-21-6-2-7-22-41)48-29-13-10-26-44(48)40-34-35-46-45-27-11-14-30-49(45)56(53(46)37-40)42-23-8-3-9-24-42/h1-37H. The van der Waals surface area contributed by atoms with E-state index in [1.54, 1.807) is 0 Å². The number of benzene rings is 9. The number of nitrogens with zero attached hydrogens (tertiary/aromatic N) is 3. The van der Waals surface area contributed by atoms with E-state index in [9.17, 15) is 0 Å². The zero-order chi connectivity index (χ0) is 37.7. The van der Waals surface area contributed by atoms with Crippen LogP contribution in [0.5, 0.6) is 0 Å². The molecule has 0 spiro atoms. The van der Waals surface area contributed by atoms with E-state index in [0.29, 0.717) is 0 Å². The highest BCUT2D eigenvalue weighted by atomic mass is 15.2. The van der Waals surface area contributed by atoms with Crippen LogP contribution in [0.15, 0.2) is 224 Å². The summed E-state index contributed by atoms with van der Waals surface area (Å²) in [5.41, 5.74) is 15.0. The molecule has 0 saturated heterocycles. The van der Waals surface area contributed by atoms with Crippen LogP contribution in [0, 0.1) is 0 Å². The van der Waals surface area contributed by atoms with Crippen molar-refractivity contribution in [3.63, 3.8) is 0 Å². The highest BCUT2D eigenvalue weighted by Crippen LogP contribution is 2.47. The molecule has 0 aliphatic rings. The summed E-state index contributed by atoms with van der Waals surface area (Å²) in [6.45, 7) is 0. The maximum Gasteiger partial charge on any atom is 0.0562 e. The number of hydrogen-bond acceptors (Lipinski definition) is 1. The van der Waals surface area contributed by atoms with Gasteiger partial charge in [0.1, 0.15) is 0 Å². The van der Waals surface area contributed by atoms with Crippen molar-refractivity contribution in [3.05, 3.63) is 224 Å². The van der Waals surface area contributed by atoms with Crippen molar-refractivity contribution in [3.8, 4) is 33.6 Å². The first-order valence-electron chi connectivity index (χ1n) is 19.5. The fourth-order valence-electron chi connectivity index (χ4n) is 8.81. The second-order valence-electron chi connectivity index (χ2n) is 14.5. The van der Waals surface area contributed by atoms with E-state index in [0.717, 1.165) is 45.1 Å². The van der Waals surface area contributed by atoms with Crippen LogP contribution in [0.1, 0.15) is 0 Å². The van der Waals surface area contributed by atoms with Crippen molar-refractivity contribution in [1.82, 2.24) is 9.13 Å². The van der Waals surface area contributed by atoms with Gasteiger partial charge < -0.3 is 14.0 Å². The van der Waals surface area contributed by atoms with Gasteiger partial charge in [-0.15, -0.1) is 0 Å². The fourth-order valence-corrected chi connectivity index (χ4v) is 8.81. The zero-order valence-corrected chi connectivity index (χ0v) is 31.2. The van der Waals surface area contributed by atoms with Crippen molar-refractivity contribution in [2.24, 2.45) is 0 Å². The summed E-state index contributed by atoms with van der Waals surface area (Å²) in [4.78, 5) is 2.45. The topological polar surface area (TPSA) is 13.1 Å². The molecular formula is C54H37N3. The molecule has 0 aliphatic heterocycles. The van der Waals surface area contributed by atoms with Gasteiger partial charge in [-0.05, 0) is 89.5 Å². The number of aromatic nitrogens is 2. The van der Waals surface area contributed by atoms with Gasteiger partial charge in [-0.2, -0.15) is 0 Å². The molecule has 0 bridgehead atoms. The molecule has 0 radical (unpaired) electrons. The number of fused-ring (bicyclic) bond motifs is 6. The molecule has 0 fully saturated rings. The third kappa shape index (κ3) is 5.43. The molecule has 3 heteroatoms. The van der Waals surface area contributed by atoms with Crippen LogP contribution < -0.4 is 4.90 Å². The van der Waals surface area contributed by atoms with Crippen LogP contribution in [0.25, 0.3) is 77.2 Å². The van der Waals surface area contributed by atoms with Crippen molar-refractivity contribution >= 4 is 60.7 Å². The highest BCUT2D eigenvalue weighted by Gasteiger charge is 2.23. The van der Waals surface area contributed by atoms with Crippen LogP contribution in [0.3, 0.4) is 0 Å². The molecule has 0 atom stereocenters. The molecule has 11 rings (SSSR count). The molecule has 11 aromatic rings. The Morgan fingerprint density at radius 3 is 1.65 bits per heavy atom. The summed E-state index contributed by atoms with van der Waals surface area (Å²) in [6.07, 6.45) is 0. The van der Waals surface area contributed by atoms with Gasteiger partial charge in [-0.25, -0.2) is 0 Å². The molecule has 2 heterocycles. The molecule has 268 valence electrons. The Balaban J connectivity index is 1.15. The first-order valence-corrected chi connectivity index (χ1v) is 19.5. The molecular weight excluding hydrogens is 691 g/mol. The summed E-state index contributed by atoms with van der Waals surface area (Å²) >= 11 is 0. The van der Waals surface area contributed by atoms with Crippen LogP contribution in [-0.4, -0.2) is 9.13 Å². The molecule has 0 unspecified atom stereocenters. The van der Waals surface area contributed by atoms with Crippen molar-refractivity contribution in [2.45, 2.75) is 0 Å². The lowest BCUT2D eigenvalue weighted by Gasteiger charge is -2.28. The van der Waals surface area contributed by atoms with Gasteiger partial charge in [0.05, 0.1) is 33.4 Å². The van der Waals surface area contributed by atoms with E-state index in [1.165, 1.54) is 49.2 Å². The monoisotopic (exact) mass is 727 g/mol. The predicted octanol–water partition coefficient (Wildman–Crippen LogP) is 14.7. The minimum Gasteiger partial charge on any atom is -0.309 e. The minimum absolute atomic E-state index is 1.10. The number of para-hydroxylation sites is 5. The SMILES string of the molecule is c1ccc(-c2cccc(-n3c4ccccc4c4c(N(c5ccccc5)c5ccccc5-c5ccc6c7ccccc7n(-c7ccccc7)c6c5)cccc43)c2)cc1. The maximum absolute atomic E-state index is 2.45. The predicted molar refractivity (Wildman–Crippen MR) is 241 cm³/mol. The molecule has 2 aromatic heterocycles. The zero-order valence-electron chi connectivity index (χ0n) is 31.2. The van der Waals surface area contributed by atoms with Gasteiger partial charge in [0.2, 0.25) is 0 Å². The lowest BCUT2D eigenvalue weighted by Crippen LogP contribution is -2.11. The Hall–Kier alpha value is -7.62. The largest absolute Gasteiger partial charge is 0.309 e. The Bertz CT molecular complexity index is 3230. The van der Waals surface area contributed by atoms with Gasteiger partial charge >= 0.3 is 0 Å². The van der Waals surface area contributed by atoms with Crippen LogP contribution in [0.4, 0.5) is 17.1 Å². The van der Waals surface area contributed by atoms with Gasteiger partial charge in [0.25, 0.3) is 0 Å². The molecule has 0 saturated carbocycles. The average molecular weight is 728 g/mol. The van der Waals surface area contributed by atoms with E-state index < -0.39 is 0 Å². The van der Waals surface area contributed by atoms with E-state index in [-0.39, 0.29) is 0 Å². The molecule has 57 heavy (non-hydrogen) atoms. The maximum atomic E-state index is 2.45. The second-order valence-corrected chi connectivity index (χ2v) is 14.5. The summed E-state index contributed by atoms with van der Waals surface area (Å²) in [5.74, 6) is 0. The van der Waals surface area contributed by atoms with E-state index in [2.05, 4.69) is 238 Å².